The van der Waals surface area contributed by atoms with Crippen LogP contribution in [0, 0.1) is 75.9 Å². The van der Waals surface area contributed by atoms with Crippen LogP contribution >= 0.6 is 0 Å². The number of hydrogen-bond acceptors (Lipinski definition) is 7. The molecule has 0 radical (unpaired) electrons. The van der Waals surface area contributed by atoms with Crippen molar-refractivity contribution in [1.29, 1.82) is 0 Å². The standard InChI is InChI=1S/C36H64O2.C30H36O3.C27H30O2.C26H42/c1-7-8-9-10-11-12-16-34(37)38-29-21-23-35(5)28(25-29)17-18-30-32-20-19-31(27(4)15-13-14-26(2)3)36(32,6)24-22-33(30)35;1-3-5-6-7-8-12-23-32-28-21-19-25(20-22-28)24-15-17-27(18-16-24)30(31)33-29(4-2)26-13-10-9-11-14-26;1-3-5-7-10-21-13-15-22(16-14-21)23-17-19-25(20-18-23)27(28)29-26(4-2)24-11-8-6-9-12-24;1-4-6-21-7-11-23(12-8-21)25-15-17-26(18-16-25)24-13-9-22(10-14-24)19-20(3)5-2/h26-33H,7-25H2,1-6H3;9-11,13-22,29H,3-8,12,23H2,1-2H3;6,8-9,11-20,26H,3-5,7,10H2,1-2H3;9-10,13-14,20-21,23,25-26H,4-8,11-12,15-19H2,1-3H3/t27-,28?,29+,30+,31-,32+,33+,35+,36-;;;/m1.../s1. The van der Waals surface area contributed by atoms with Gasteiger partial charge in [-0.25, -0.2) is 9.59 Å². The van der Waals surface area contributed by atoms with Gasteiger partial charge in [0, 0.05) is 6.42 Å². The molecule has 7 aromatic carbocycles. The second-order valence-corrected chi connectivity index (χ2v) is 41.1. The second-order valence-electron chi connectivity index (χ2n) is 41.1. The number of benzene rings is 7. The Labute approximate surface area is 768 Å². The van der Waals surface area contributed by atoms with Crippen LogP contribution in [0.2, 0.25) is 0 Å². The summed E-state index contributed by atoms with van der Waals surface area (Å²) in [6.07, 6.45) is 55.6. The molecule has 690 valence electrons. The molecular formula is C119H172O7. The molecule has 0 amide bonds. The molecule has 7 aromatic rings. The Bertz CT molecular complexity index is 4130. The van der Waals surface area contributed by atoms with Gasteiger partial charge in [0.25, 0.3) is 0 Å². The summed E-state index contributed by atoms with van der Waals surface area (Å²) in [6.45, 7) is 31.3. The van der Waals surface area contributed by atoms with E-state index in [-0.39, 0.29) is 36.2 Å². The number of unbranched alkanes of at least 4 members (excludes halogenated alkanes) is 12. The van der Waals surface area contributed by atoms with Gasteiger partial charge in [0.1, 0.15) is 24.1 Å². The predicted molar refractivity (Wildman–Crippen MR) is 531 cm³/mol. The van der Waals surface area contributed by atoms with Gasteiger partial charge in [-0.05, 0) is 310 Å². The predicted octanol–water partition coefficient (Wildman–Crippen LogP) is 34.7. The van der Waals surface area contributed by atoms with E-state index < -0.39 is 0 Å². The van der Waals surface area contributed by atoms with Crippen molar-refractivity contribution in [2.75, 3.05) is 6.61 Å². The van der Waals surface area contributed by atoms with Crippen LogP contribution in [0.5, 0.6) is 5.75 Å². The average molecular weight is 1710 g/mol. The van der Waals surface area contributed by atoms with Gasteiger partial charge in [0.05, 0.1) is 17.7 Å². The fraction of sp³-hybridized carbons (Fsp3) is 0.622. The van der Waals surface area contributed by atoms with Crippen LogP contribution < -0.4 is 4.74 Å². The van der Waals surface area contributed by atoms with E-state index in [1.165, 1.54) is 241 Å². The average Bonchev–Trinajstić information content (AvgIpc) is 1.44. The summed E-state index contributed by atoms with van der Waals surface area (Å²) in [7, 11) is 0. The van der Waals surface area contributed by atoms with Crippen LogP contribution in [0.4, 0.5) is 0 Å². The molecule has 13 rings (SSSR count). The molecule has 0 spiro atoms. The van der Waals surface area contributed by atoms with E-state index in [0.29, 0.717) is 28.4 Å². The highest BCUT2D eigenvalue weighted by atomic mass is 16.6. The van der Waals surface area contributed by atoms with E-state index in [2.05, 4.69) is 137 Å². The largest absolute Gasteiger partial charge is 0.494 e. The first-order valence-electron chi connectivity index (χ1n) is 52.1. The van der Waals surface area contributed by atoms with Gasteiger partial charge in [-0.15, -0.1) is 0 Å². The molecule has 6 saturated carbocycles. The molecule has 126 heavy (non-hydrogen) atoms. The van der Waals surface area contributed by atoms with Crippen LogP contribution in [0.3, 0.4) is 0 Å². The summed E-state index contributed by atoms with van der Waals surface area (Å²) in [5.41, 5.74) is 13.2. The third kappa shape index (κ3) is 30.7. The highest BCUT2D eigenvalue weighted by molar-refractivity contribution is 5.91. The number of hydrogen-bond donors (Lipinski definition) is 0. The lowest BCUT2D eigenvalue weighted by Crippen LogP contribution is -2.54. The Morgan fingerprint density at radius 2 is 0.913 bits per heavy atom. The number of rotatable bonds is 42. The van der Waals surface area contributed by atoms with Gasteiger partial charge in [-0.2, -0.15) is 0 Å². The van der Waals surface area contributed by atoms with Crippen LogP contribution in [-0.2, 0) is 31.8 Å². The Hall–Kier alpha value is -7.25. The summed E-state index contributed by atoms with van der Waals surface area (Å²) in [5.74, 6) is 11.5. The van der Waals surface area contributed by atoms with Crippen molar-refractivity contribution in [3.8, 4) is 28.0 Å². The third-order valence-electron chi connectivity index (χ3n) is 31.7. The zero-order valence-electron chi connectivity index (χ0n) is 81.5. The van der Waals surface area contributed by atoms with Crippen molar-refractivity contribution in [1.82, 2.24) is 0 Å². The summed E-state index contributed by atoms with van der Waals surface area (Å²) in [4.78, 5) is 37.8. The summed E-state index contributed by atoms with van der Waals surface area (Å²) in [5, 5.41) is 0. The maximum absolute atomic E-state index is 12.6. The van der Waals surface area contributed by atoms with Crippen LogP contribution in [0.1, 0.15) is 420 Å². The highest BCUT2D eigenvalue weighted by Gasteiger charge is 2.61. The van der Waals surface area contributed by atoms with Crippen molar-refractivity contribution in [3.05, 3.63) is 221 Å². The van der Waals surface area contributed by atoms with Gasteiger partial charge in [0.15, 0.2) is 0 Å². The van der Waals surface area contributed by atoms with Crippen molar-refractivity contribution in [2.24, 2.45) is 75.9 Å². The lowest BCUT2D eigenvalue weighted by atomic mass is 9.44. The van der Waals surface area contributed by atoms with Gasteiger partial charge >= 0.3 is 17.9 Å². The summed E-state index contributed by atoms with van der Waals surface area (Å²) >= 11 is 0. The molecule has 0 aliphatic heterocycles. The minimum absolute atomic E-state index is 0.0794. The fourth-order valence-corrected chi connectivity index (χ4v) is 23.8. The van der Waals surface area contributed by atoms with E-state index in [4.69, 9.17) is 18.9 Å². The quantitative estimate of drug-likeness (QED) is 0.0214. The van der Waals surface area contributed by atoms with Crippen molar-refractivity contribution in [2.45, 2.75) is 390 Å². The molecule has 6 aliphatic rings. The zero-order chi connectivity index (χ0) is 89.5. The maximum Gasteiger partial charge on any atom is 0.338 e. The fourth-order valence-electron chi connectivity index (χ4n) is 23.8. The lowest BCUT2D eigenvalue weighted by Gasteiger charge is -2.61. The Morgan fingerprint density at radius 3 is 1.44 bits per heavy atom. The summed E-state index contributed by atoms with van der Waals surface area (Å²) in [6, 6.07) is 61.6. The maximum atomic E-state index is 12.6. The molecule has 7 heteroatoms. The van der Waals surface area contributed by atoms with E-state index in [1.807, 2.05) is 135 Å². The van der Waals surface area contributed by atoms with Crippen LogP contribution in [-0.4, -0.2) is 30.6 Å². The molecule has 4 unspecified atom stereocenters. The number of aryl methyl sites for hydroxylation is 1. The molecule has 6 aliphatic carbocycles. The first-order valence-corrected chi connectivity index (χ1v) is 52.1. The first kappa shape index (κ1) is 101. The van der Waals surface area contributed by atoms with Crippen LogP contribution in [0.15, 0.2) is 182 Å². The van der Waals surface area contributed by atoms with Crippen molar-refractivity contribution in [3.63, 3.8) is 0 Å². The van der Waals surface area contributed by atoms with Crippen molar-refractivity contribution >= 4 is 17.9 Å². The molecule has 6 fully saturated rings. The van der Waals surface area contributed by atoms with Gasteiger partial charge in [-0.1, -0.05) is 364 Å². The van der Waals surface area contributed by atoms with Gasteiger partial charge in [-0.3, -0.25) is 4.79 Å². The normalized spacial score (nSPS) is 24.0. The van der Waals surface area contributed by atoms with E-state index >= 15 is 0 Å². The monoisotopic (exact) mass is 1710 g/mol. The number of carbonyl (C=O) groups excluding carboxylic acids is 3. The minimum Gasteiger partial charge on any atom is -0.494 e. The topological polar surface area (TPSA) is 88.1 Å². The molecular weight excluding hydrogens is 1540 g/mol. The Kier molecular flexibility index (Phi) is 43.1. The third-order valence-corrected chi connectivity index (χ3v) is 31.7. The smallest absolute Gasteiger partial charge is 0.338 e. The highest BCUT2D eigenvalue weighted by Crippen LogP contribution is 2.69. The number of esters is 3. The Morgan fingerprint density at radius 1 is 0.421 bits per heavy atom. The molecule has 0 heterocycles. The SMILES string of the molecule is CCCC1CCC(C2CCC(c3ccc(CC(C)CC)cc3)CC2)CC1.CCCCCCCCC(=O)O[C@H]1CC[C@@]2(C)C(CC[C@H]3[C@@H]4CC[C@H]([C@H](C)CCCC(C)C)[C@@]4(C)CC[C@@H]32)C1.CCCCCCCCOc1ccc(-c2ccc(C(=O)OC(CC)c3ccccc3)cc2)cc1.CCCCCc1ccc(-c2ccc(C(=O)OC(CC)c3ccccc3)cc2)cc1. The molecule has 0 saturated heterocycles. The molecule has 0 bridgehead atoms. The second kappa shape index (κ2) is 53.8. The van der Waals surface area contributed by atoms with E-state index in [1.54, 1.807) is 5.56 Å². The van der Waals surface area contributed by atoms with E-state index in [9.17, 15) is 14.4 Å². The Balaban J connectivity index is 0.000000177. The lowest BCUT2D eigenvalue weighted by molar-refractivity contribution is -0.162. The van der Waals surface area contributed by atoms with Crippen LogP contribution in [0.25, 0.3) is 22.3 Å². The zero-order valence-corrected chi connectivity index (χ0v) is 81.5. The number of carbonyl (C=O) groups is 3. The van der Waals surface area contributed by atoms with Crippen molar-refractivity contribution < 1.29 is 33.3 Å². The summed E-state index contributed by atoms with van der Waals surface area (Å²) < 4.78 is 23.5. The molecule has 12 atom stereocenters. The molecule has 0 aromatic heterocycles. The number of fused-ring (bicyclic) bond motifs is 5. The first-order chi connectivity index (χ1) is 61.3. The molecule has 0 N–H and O–H groups in total. The minimum atomic E-state index is -0.296. The van der Waals surface area contributed by atoms with Gasteiger partial charge < -0.3 is 18.9 Å². The van der Waals surface area contributed by atoms with Gasteiger partial charge in [0.2, 0.25) is 0 Å². The molecule has 7 nitrogen and oxygen atoms in total. The number of ether oxygens (including phenoxy) is 4. The van der Waals surface area contributed by atoms with E-state index in [0.717, 1.165) is 156 Å².